The minimum atomic E-state index is 0. The summed E-state index contributed by atoms with van der Waals surface area (Å²) >= 11 is 0. The summed E-state index contributed by atoms with van der Waals surface area (Å²) in [4.78, 5) is 8.84. The molecule has 0 fully saturated rings. The minimum absolute atomic E-state index is 0. The number of aliphatic hydroxyl groups excluding tert-OH is 2. The molecular weight excluding hydrogens is 249 g/mol. The molecule has 3 nitrogen and oxygen atoms in total. The molecule has 0 aliphatic rings. The van der Waals surface area contributed by atoms with Gasteiger partial charge in [-0.15, -0.1) is 0 Å². The number of aliphatic hydroxyl groups is 2. The van der Waals surface area contributed by atoms with Crippen molar-refractivity contribution in [2.24, 2.45) is 0 Å². The van der Waals surface area contributed by atoms with Crippen molar-refractivity contribution in [2.75, 3.05) is 6.61 Å². The average Bonchev–Trinajstić information content (AvgIpc) is 2.05. The summed E-state index contributed by atoms with van der Waals surface area (Å²) in [7, 11) is 0. The molecule has 0 bridgehead atoms. The van der Waals surface area contributed by atoms with Crippen LogP contribution in [0.25, 0.3) is 0 Å². The van der Waals surface area contributed by atoms with E-state index >= 15 is 0 Å². The van der Waals surface area contributed by atoms with Crippen LogP contribution in [-0.2, 0) is 22.4 Å². The molecule has 0 saturated heterocycles. The van der Waals surface area contributed by atoms with Gasteiger partial charge in [-0.3, -0.25) is 4.79 Å². The van der Waals surface area contributed by atoms with Crippen LogP contribution in [0.15, 0.2) is 11.8 Å². The van der Waals surface area contributed by atoms with E-state index in [0.29, 0.717) is 12.8 Å². The minimum Gasteiger partial charge on any atom is -0.512 e. The van der Waals surface area contributed by atoms with Gasteiger partial charge in [-0.25, -0.2) is 0 Å². The van der Waals surface area contributed by atoms with Gasteiger partial charge < -0.3 is 10.2 Å². The molecule has 0 rings (SSSR count). The summed E-state index contributed by atoms with van der Waals surface area (Å²) in [5, 5.41) is 16.4. The molecule has 0 spiro atoms. The molecule has 0 aromatic heterocycles. The number of carbonyl (C=O) groups excluding carboxylic acids is 1. The summed E-state index contributed by atoms with van der Waals surface area (Å²) in [6.45, 7) is 5.59. The van der Waals surface area contributed by atoms with Crippen molar-refractivity contribution in [3.05, 3.63) is 11.8 Å². The monoisotopic (exact) mass is 268 g/mol. The molecule has 0 amide bonds. The van der Waals surface area contributed by atoms with Crippen LogP contribution < -0.4 is 0 Å². The molecule has 0 atom stereocenters. The molecule has 77 valence electrons. The summed E-state index contributed by atoms with van der Waals surface area (Å²) < 4.78 is 0. The Kier molecular flexibility index (Phi) is 20.7. The summed E-state index contributed by atoms with van der Waals surface area (Å²) in [5.41, 5.74) is 0. The van der Waals surface area contributed by atoms with E-state index < -0.39 is 0 Å². The second-order valence-corrected chi connectivity index (χ2v) is 2.15. The van der Waals surface area contributed by atoms with E-state index in [1.165, 1.54) is 6.08 Å². The van der Waals surface area contributed by atoms with Gasteiger partial charge in [0.2, 0.25) is 0 Å². The van der Waals surface area contributed by atoms with Crippen LogP contribution in [-0.4, -0.2) is 27.4 Å². The van der Waals surface area contributed by atoms with Gasteiger partial charge in [0.25, 0.3) is 0 Å². The van der Waals surface area contributed by atoms with Crippen molar-refractivity contribution in [3.8, 4) is 0 Å². The zero-order valence-corrected chi connectivity index (χ0v) is 10.7. The Morgan fingerprint density at radius 2 is 1.62 bits per heavy atom. The molecule has 1 radical (unpaired) electrons. The van der Waals surface area contributed by atoms with E-state index in [1.54, 1.807) is 6.92 Å². The van der Waals surface area contributed by atoms with Crippen LogP contribution in [0.3, 0.4) is 0 Å². The quantitative estimate of drug-likeness (QED) is 0.355. The van der Waals surface area contributed by atoms with Crippen LogP contribution in [0.1, 0.15) is 33.6 Å². The number of ketones is 1. The maximum atomic E-state index is 8.84. The largest absolute Gasteiger partial charge is 0.512 e. The summed E-state index contributed by atoms with van der Waals surface area (Å²) in [5.74, 6) is 0.462. The van der Waals surface area contributed by atoms with Crippen LogP contribution in [0.5, 0.6) is 0 Å². The summed E-state index contributed by atoms with van der Waals surface area (Å²) in [6, 6.07) is 0. The van der Waals surface area contributed by atoms with Crippen molar-refractivity contribution < 1.29 is 37.4 Å². The van der Waals surface area contributed by atoms with Crippen LogP contribution in [0.2, 0.25) is 0 Å². The number of hydrogen-bond acceptors (Lipinski definition) is 2. The van der Waals surface area contributed by atoms with Crippen LogP contribution in [0.4, 0.5) is 0 Å². The second-order valence-electron chi connectivity index (χ2n) is 2.15. The Morgan fingerprint density at radius 1 is 1.23 bits per heavy atom. The molecule has 0 saturated carbocycles. The van der Waals surface area contributed by atoms with E-state index in [1.807, 2.05) is 13.8 Å². The van der Waals surface area contributed by atoms with Gasteiger partial charge in [0.05, 0.1) is 12.5 Å². The first-order chi connectivity index (χ1) is 5.62. The molecule has 0 unspecified atom stereocenters. The van der Waals surface area contributed by atoms with Gasteiger partial charge in [0, 0.05) is 35.4 Å². The predicted octanol–water partition coefficient (Wildman–Crippen LogP) is 1.79. The fraction of sp³-hybridized carbons (Fsp3) is 0.667. The van der Waals surface area contributed by atoms with E-state index in [4.69, 9.17) is 15.0 Å². The van der Waals surface area contributed by atoms with Gasteiger partial charge in [-0.2, -0.15) is 0 Å². The Labute approximate surface area is 95.4 Å². The fourth-order valence-electron chi connectivity index (χ4n) is 0.396. The molecule has 0 aliphatic carbocycles. The van der Waals surface area contributed by atoms with Crippen LogP contribution >= 0.6 is 0 Å². The van der Waals surface area contributed by atoms with E-state index in [0.717, 1.165) is 0 Å². The third kappa shape index (κ3) is 18.7. The molecule has 0 heterocycles. The number of allylic oxidation sites excluding steroid dienone is 2. The normalized spacial score (nSPS) is 9.38. The van der Waals surface area contributed by atoms with E-state index in [9.17, 15) is 0 Å². The maximum Gasteiger partial charge on any atom is 0.319 e. The maximum absolute atomic E-state index is 8.84. The van der Waals surface area contributed by atoms with Crippen molar-refractivity contribution in [1.82, 2.24) is 0 Å². The molecule has 13 heavy (non-hydrogen) atoms. The first-order valence-corrected chi connectivity index (χ1v) is 4.17. The Balaban J connectivity index is -0.000000220. The Hall–Kier alpha value is -0.0897. The van der Waals surface area contributed by atoms with Crippen LogP contribution in [0, 0.1) is 0 Å². The first kappa shape index (κ1) is 18.6. The second kappa shape index (κ2) is 14.4. The van der Waals surface area contributed by atoms with Gasteiger partial charge >= 0.3 is 5.78 Å². The first-order valence-electron chi connectivity index (χ1n) is 4.17. The molecule has 0 aromatic carbocycles. The molecule has 0 aliphatic heterocycles. The topological polar surface area (TPSA) is 61.9 Å². The van der Waals surface area contributed by atoms with Gasteiger partial charge in [-0.05, 0) is 6.92 Å². The standard InChI is InChI=1S/C7H12O2.C2H6O.Nb/c1-3-6(8)5-7(9)4-2;1-2-3;/h5,8H,3-4H2,1-2H3;3H,2H2,1H3;/p+1/b6-5-;;. The third-order valence-electron chi connectivity index (χ3n) is 1.06. The van der Waals surface area contributed by atoms with Crippen molar-refractivity contribution in [2.45, 2.75) is 33.6 Å². The Morgan fingerprint density at radius 3 is 1.85 bits per heavy atom. The number of rotatable bonds is 3. The van der Waals surface area contributed by atoms with Crippen molar-refractivity contribution in [3.63, 3.8) is 0 Å². The zero-order valence-electron chi connectivity index (χ0n) is 8.49. The van der Waals surface area contributed by atoms with E-state index in [2.05, 4.69) is 0 Å². The van der Waals surface area contributed by atoms with Gasteiger partial charge in [0.1, 0.15) is 5.76 Å². The molecule has 4 heteroatoms. The SMILES string of the molecule is CCC(=[OH+])/C=C(\O)CC.CCO.[Nb]. The van der Waals surface area contributed by atoms with Gasteiger partial charge in [-0.1, -0.05) is 13.8 Å². The molecular formula is C9H19NbO3+. The van der Waals surface area contributed by atoms with E-state index in [-0.39, 0.29) is 40.5 Å². The molecule has 0 aromatic rings. The Bertz CT molecular complexity index is 144. The third-order valence-corrected chi connectivity index (χ3v) is 1.06. The van der Waals surface area contributed by atoms with Gasteiger partial charge in [0.15, 0.2) is 0 Å². The van der Waals surface area contributed by atoms with Crippen molar-refractivity contribution >= 4 is 5.78 Å². The predicted molar refractivity (Wildman–Crippen MR) is 51.0 cm³/mol. The zero-order chi connectivity index (χ0) is 9.98. The number of hydrogen-bond donors (Lipinski definition) is 2. The average molecular weight is 268 g/mol. The van der Waals surface area contributed by atoms with Crippen molar-refractivity contribution in [1.29, 1.82) is 0 Å². The summed E-state index contributed by atoms with van der Waals surface area (Å²) in [6.07, 6.45) is 2.54. The fourth-order valence-corrected chi connectivity index (χ4v) is 0.396. The molecule has 3 N–H and O–H groups in total. The smallest absolute Gasteiger partial charge is 0.319 e.